The Bertz CT molecular complexity index is 530. The van der Waals surface area contributed by atoms with E-state index in [1.165, 1.54) is 7.05 Å². The molecule has 1 aromatic rings. The Morgan fingerprint density at radius 3 is 2.00 bits per heavy atom. The van der Waals surface area contributed by atoms with Gasteiger partial charge >= 0.3 is 0 Å². The van der Waals surface area contributed by atoms with Gasteiger partial charge in [-0.25, -0.2) is 12.7 Å². The van der Waals surface area contributed by atoms with Gasteiger partial charge in [-0.3, -0.25) is 0 Å². The molecule has 0 aliphatic heterocycles. The summed E-state index contributed by atoms with van der Waals surface area (Å²) in [7, 11) is -2.20. The number of hydrogen-bond donors (Lipinski definition) is 0. The molecule has 92 valence electrons. The third-order valence-electron chi connectivity index (χ3n) is 2.56. The standard InChI is InChI=1S/C13H17NO2S/c1-6-14(5)17(15,16)12-9-7-11(8-10-12)13(2,3)4/h1,7-10H,2-5H3. The average molecular weight is 251 g/mol. The maximum atomic E-state index is 11.9. The summed E-state index contributed by atoms with van der Waals surface area (Å²) in [5, 5.41) is 0. The summed E-state index contributed by atoms with van der Waals surface area (Å²) in [5.74, 6) is 0. The Balaban J connectivity index is 3.18. The van der Waals surface area contributed by atoms with Gasteiger partial charge in [0.1, 0.15) is 0 Å². The van der Waals surface area contributed by atoms with Crippen LogP contribution in [0.2, 0.25) is 0 Å². The lowest BCUT2D eigenvalue weighted by molar-refractivity contribution is 0.546. The second-order valence-corrected chi connectivity index (χ2v) is 6.85. The van der Waals surface area contributed by atoms with E-state index in [1.54, 1.807) is 12.1 Å². The highest BCUT2D eigenvalue weighted by molar-refractivity contribution is 7.89. The molecule has 0 saturated carbocycles. The summed E-state index contributed by atoms with van der Waals surface area (Å²) in [6.07, 6.45) is 5.09. The topological polar surface area (TPSA) is 37.4 Å². The van der Waals surface area contributed by atoms with Gasteiger partial charge in [-0.15, -0.1) is 0 Å². The molecule has 0 atom stereocenters. The minimum Gasteiger partial charge on any atom is -0.228 e. The van der Waals surface area contributed by atoms with Gasteiger partial charge in [-0.05, 0) is 23.1 Å². The predicted molar refractivity (Wildman–Crippen MR) is 68.9 cm³/mol. The molecular weight excluding hydrogens is 234 g/mol. The lowest BCUT2D eigenvalue weighted by Crippen LogP contribution is -2.22. The van der Waals surface area contributed by atoms with Crippen LogP contribution in [0.25, 0.3) is 0 Å². The highest BCUT2D eigenvalue weighted by Gasteiger charge is 2.20. The van der Waals surface area contributed by atoms with Crippen molar-refractivity contribution in [2.75, 3.05) is 7.05 Å². The van der Waals surface area contributed by atoms with E-state index >= 15 is 0 Å². The first kappa shape index (κ1) is 13.6. The second kappa shape index (κ2) is 4.42. The SMILES string of the molecule is C#CN(C)S(=O)(=O)c1ccc(C(C)(C)C)cc1. The number of terminal acetylenes is 1. The minimum atomic E-state index is -3.55. The van der Waals surface area contributed by atoms with E-state index in [2.05, 4.69) is 26.8 Å². The number of rotatable bonds is 2. The largest absolute Gasteiger partial charge is 0.270 e. The lowest BCUT2D eigenvalue weighted by Gasteiger charge is -2.19. The van der Waals surface area contributed by atoms with Gasteiger partial charge in [0, 0.05) is 13.1 Å². The van der Waals surface area contributed by atoms with Crippen LogP contribution in [-0.4, -0.2) is 19.8 Å². The zero-order valence-electron chi connectivity index (χ0n) is 10.6. The van der Waals surface area contributed by atoms with Crippen LogP contribution in [0.4, 0.5) is 0 Å². The van der Waals surface area contributed by atoms with Crippen molar-refractivity contribution in [1.29, 1.82) is 0 Å². The summed E-state index contributed by atoms with van der Waals surface area (Å²) in [6.45, 7) is 6.22. The molecule has 0 radical (unpaired) electrons. The number of benzene rings is 1. The van der Waals surface area contributed by atoms with Gasteiger partial charge < -0.3 is 0 Å². The van der Waals surface area contributed by atoms with Gasteiger partial charge in [-0.2, -0.15) is 0 Å². The fraction of sp³-hybridized carbons (Fsp3) is 0.385. The molecule has 0 saturated heterocycles. The smallest absolute Gasteiger partial charge is 0.228 e. The van der Waals surface area contributed by atoms with Crippen molar-refractivity contribution in [1.82, 2.24) is 4.31 Å². The van der Waals surface area contributed by atoms with Crippen molar-refractivity contribution >= 4 is 10.0 Å². The van der Waals surface area contributed by atoms with Crippen LogP contribution in [0.15, 0.2) is 29.2 Å². The van der Waals surface area contributed by atoms with Crippen LogP contribution in [0.3, 0.4) is 0 Å². The molecule has 0 aliphatic carbocycles. The normalized spacial score (nSPS) is 11.9. The van der Waals surface area contributed by atoms with Gasteiger partial charge in [0.2, 0.25) is 0 Å². The number of sulfonamides is 1. The molecule has 0 bridgehead atoms. The van der Waals surface area contributed by atoms with Crippen molar-refractivity contribution in [3.05, 3.63) is 29.8 Å². The molecule has 0 amide bonds. The first-order valence-electron chi connectivity index (χ1n) is 5.25. The van der Waals surface area contributed by atoms with E-state index in [0.29, 0.717) is 0 Å². The fourth-order valence-electron chi connectivity index (χ4n) is 1.35. The van der Waals surface area contributed by atoms with E-state index in [4.69, 9.17) is 6.42 Å². The Hall–Kier alpha value is -1.47. The zero-order valence-corrected chi connectivity index (χ0v) is 11.4. The van der Waals surface area contributed by atoms with Gasteiger partial charge in [0.05, 0.1) is 4.90 Å². The highest BCUT2D eigenvalue weighted by atomic mass is 32.2. The van der Waals surface area contributed by atoms with Crippen LogP contribution >= 0.6 is 0 Å². The molecule has 0 heterocycles. The average Bonchev–Trinajstić information content (AvgIpc) is 2.27. The Morgan fingerprint density at radius 1 is 1.18 bits per heavy atom. The molecule has 0 N–H and O–H groups in total. The third kappa shape index (κ3) is 2.80. The van der Waals surface area contributed by atoms with Crippen LogP contribution in [-0.2, 0) is 15.4 Å². The monoisotopic (exact) mass is 251 g/mol. The number of nitrogens with zero attached hydrogens (tertiary/aromatic N) is 1. The van der Waals surface area contributed by atoms with E-state index < -0.39 is 10.0 Å². The maximum Gasteiger partial charge on any atom is 0.270 e. The first-order chi connectivity index (χ1) is 7.69. The van der Waals surface area contributed by atoms with E-state index in [1.807, 2.05) is 12.1 Å². The van der Waals surface area contributed by atoms with E-state index in [0.717, 1.165) is 9.87 Å². The lowest BCUT2D eigenvalue weighted by atomic mass is 9.87. The highest BCUT2D eigenvalue weighted by Crippen LogP contribution is 2.24. The van der Waals surface area contributed by atoms with E-state index in [-0.39, 0.29) is 10.3 Å². The summed E-state index contributed by atoms with van der Waals surface area (Å²) in [4.78, 5) is 0.214. The Labute approximate surface area is 104 Å². The van der Waals surface area contributed by atoms with Crippen molar-refractivity contribution in [2.45, 2.75) is 31.1 Å². The van der Waals surface area contributed by atoms with E-state index in [9.17, 15) is 8.42 Å². The van der Waals surface area contributed by atoms with Crippen molar-refractivity contribution in [2.24, 2.45) is 0 Å². The third-order valence-corrected chi connectivity index (χ3v) is 4.25. The molecule has 0 unspecified atom stereocenters. The summed E-state index contributed by atoms with van der Waals surface area (Å²) in [5.41, 5.74) is 1.08. The van der Waals surface area contributed by atoms with Crippen LogP contribution in [0.1, 0.15) is 26.3 Å². The van der Waals surface area contributed by atoms with Gasteiger partial charge in [0.15, 0.2) is 0 Å². The first-order valence-corrected chi connectivity index (χ1v) is 6.69. The zero-order chi connectivity index (χ0) is 13.3. The molecule has 0 fully saturated rings. The molecule has 0 aromatic heterocycles. The number of hydrogen-bond acceptors (Lipinski definition) is 2. The van der Waals surface area contributed by atoms with Crippen LogP contribution < -0.4 is 0 Å². The van der Waals surface area contributed by atoms with Crippen molar-refractivity contribution in [3.63, 3.8) is 0 Å². The van der Waals surface area contributed by atoms with Crippen LogP contribution in [0, 0.1) is 12.5 Å². The Kier molecular flexibility index (Phi) is 3.53. The molecule has 3 nitrogen and oxygen atoms in total. The van der Waals surface area contributed by atoms with Gasteiger partial charge in [0.25, 0.3) is 10.0 Å². The molecule has 0 aliphatic rings. The molecule has 17 heavy (non-hydrogen) atoms. The Morgan fingerprint density at radius 2 is 1.65 bits per heavy atom. The fourth-order valence-corrected chi connectivity index (χ4v) is 2.29. The van der Waals surface area contributed by atoms with Crippen molar-refractivity contribution < 1.29 is 8.42 Å². The molecular formula is C13H17NO2S. The second-order valence-electron chi connectivity index (χ2n) is 4.88. The predicted octanol–water partition coefficient (Wildman–Crippen LogP) is 2.20. The molecule has 4 heteroatoms. The minimum absolute atomic E-state index is 0.000309. The summed E-state index contributed by atoms with van der Waals surface area (Å²) >= 11 is 0. The quantitative estimate of drug-likeness (QED) is 0.597. The molecule has 1 rings (SSSR count). The van der Waals surface area contributed by atoms with Crippen molar-refractivity contribution in [3.8, 4) is 12.5 Å². The molecule has 0 spiro atoms. The summed E-state index contributed by atoms with van der Waals surface area (Å²) in [6, 6.07) is 8.90. The molecule has 1 aromatic carbocycles. The van der Waals surface area contributed by atoms with Gasteiger partial charge in [-0.1, -0.05) is 39.3 Å². The summed E-state index contributed by atoms with van der Waals surface area (Å²) < 4.78 is 24.7. The maximum absolute atomic E-state index is 11.9. The van der Waals surface area contributed by atoms with Crippen LogP contribution in [0.5, 0.6) is 0 Å².